The highest BCUT2D eigenvalue weighted by atomic mass is 16.5. The fourth-order valence-corrected chi connectivity index (χ4v) is 4.78. The van der Waals surface area contributed by atoms with Crippen LogP contribution in [0, 0.1) is 0 Å². The average molecular weight is 674 g/mol. The smallest absolute Gasteiger partial charge is 0.326 e. The number of unbranched alkanes of at least 4 members (excludes halogenated alkanes) is 13. The van der Waals surface area contributed by atoms with Crippen LogP contribution in [0.1, 0.15) is 129 Å². The highest BCUT2D eigenvalue weighted by Gasteiger charge is 2.20. The van der Waals surface area contributed by atoms with Crippen LogP contribution in [-0.4, -0.2) is 98.6 Å². The second-order valence-electron chi connectivity index (χ2n) is 11.8. The topological polar surface area (TPSA) is 190 Å². The Morgan fingerprint density at radius 1 is 0.532 bits per heavy atom. The molecule has 0 rings (SSSR count). The van der Waals surface area contributed by atoms with E-state index in [1.165, 1.54) is 44.9 Å². The summed E-state index contributed by atoms with van der Waals surface area (Å²) in [5, 5.41) is 26.0. The Hall–Kier alpha value is -2.77. The molecule has 0 aliphatic heterocycles. The van der Waals surface area contributed by atoms with Gasteiger partial charge >= 0.3 is 11.9 Å². The molecule has 47 heavy (non-hydrogen) atoms. The second kappa shape index (κ2) is 33.1. The maximum absolute atomic E-state index is 12.2. The summed E-state index contributed by atoms with van der Waals surface area (Å²) in [6.45, 7) is 4.50. The molecule has 0 unspecified atom stereocenters. The van der Waals surface area contributed by atoms with Crippen molar-refractivity contribution in [3.63, 3.8) is 0 Å². The molecular formula is C34H63N3O10. The van der Waals surface area contributed by atoms with Gasteiger partial charge in [-0.3, -0.25) is 19.2 Å². The molecule has 13 heteroatoms. The van der Waals surface area contributed by atoms with Crippen LogP contribution >= 0.6 is 0 Å². The molecule has 0 aliphatic rings. The predicted octanol–water partition coefficient (Wildman–Crippen LogP) is 4.35. The first-order chi connectivity index (χ1) is 22.8. The third-order valence-electron chi connectivity index (χ3n) is 7.43. The zero-order valence-electron chi connectivity index (χ0n) is 28.8. The van der Waals surface area contributed by atoms with Gasteiger partial charge in [0.1, 0.15) is 12.6 Å². The van der Waals surface area contributed by atoms with E-state index in [2.05, 4.69) is 16.0 Å². The first kappa shape index (κ1) is 44.2. The van der Waals surface area contributed by atoms with E-state index in [4.69, 9.17) is 19.3 Å². The van der Waals surface area contributed by atoms with E-state index in [0.29, 0.717) is 26.2 Å². The van der Waals surface area contributed by atoms with E-state index >= 15 is 0 Å². The highest BCUT2D eigenvalue weighted by Crippen LogP contribution is 2.14. The lowest BCUT2D eigenvalue weighted by Crippen LogP contribution is -2.41. The Kier molecular flexibility index (Phi) is 31.2. The van der Waals surface area contributed by atoms with Crippen molar-refractivity contribution in [1.29, 1.82) is 0 Å². The Bertz CT molecular complexity index is 828. The number of carbonyl (C=O) groups is 5. The normalized spacial score (nSPS) is 11.6. The lowest BCUT2D eigenvalue weighted by molar-refractivity contribution is -0.142. The molecule has 13 nitrogen and oxygen atoms in total. The Labute approximate surface area is 281 Å². The molecule has 0 aliphatic carbocycles. The molecule has 0 spiro atoms. The monoisotopic (exact) mass is 673 g/mol. The molecule has 0 aromatic heterocycles. The lowest BCUT2D eigenvalue weighted by atomic mass is 10.0. The number of carbonyl (C=O) groups excluding carboxylic acids is 3. The van der Waals surface area contributed by atoms with E-state index in [9.17, 15) is 29.1 Å². The fourth-order valence-electron chi connectivity index (χ4n) is 4.78. The van der Waals surface area contributed by atoms with Gasteiger partial charge in [-0.1, -0.05) is 84.0 Å². The van der Waals surface area contributed by atoms with Crippen LogP contribution in [0.25, 0.3) is 0 Å². The SMILES string of the molecule is CCCOCCNC(=O)COCCOCCNC(=O)CC[C@H](NC(=O)CCCCCCCCCCCCCCCCC(=O)O)C(=O)O. The maximum Gasteiger partial charge on any atom is 0.326 e. The van der Waals surface area contributed by atoms with Gasteiger partial charge in [-0.2, -0.15) is 0 Å². The maximum atomic E-state index is 12.2. The molecule has 0 fully saturated rings. The van der Waals surface area contributed by atoms with Crippen molar-refractivity contribution < 1.29 is 48.4 Å². The minimum Gasteiger partial charge on any atom is -0.481 e. The summed E-state index contributed by atoms with van der Waals surface area (Å²) >= 11 is 0. The van der Waals surface area contributed by atoms with Crippen molar-refractivity contribution in [3.8, 4) is 0 Å². The van der Waals surface area contributed by atoms with Crippen LogP contribution in [-0.2, 0) is 38.2 Å². The van der Waals surface area contributed by atoms with Crippen LogP contribution in [0.4, 0.5) is 0 Å². The number of ether oxygens (including phenoxy) is 3. The molecular weight excluding hydrogens is 610 g/mol. The average Bonchev–Trinajstić information content (AvgIpc) is 3.03. The molecule has 0 heterocycles. The Morgan fingerprint density at radius 3 is 1.51 bits per heavy atom. The number of amides is 3. The third kappa shape index (κ3) is 32.9. The van der Waals surface area contributed by atoms with Crippen molar-refractivity contribution in [1.82, 2.24) is 16.0 Å². The fraction of sp³-hybridized carbons (Fsp3) is 0.853. The summed E-state index contributed by atoms with van der Waals surface area (Å²) in [7, 11) is 0. The molecule has 0 saturated carbocycles. The van der Waals surface area contributed by atoms with Crippen molar-refractivity contribution in [2.24, 2.45) is 0 Å². The summed E-state index contributed by atoms with van der Waals surface area (Å²) < 4.78 is 15.9. The Balaban J connectivity index is 3.67. The van der Waals surface area contributed by atoms with Gasteiger partial charge in [-0.25, -0.2) is 4.79 Å². The number of aliphatic carboxylic acids is 2. The molecule has 0 aromatic carbocycles. The van der Waals surface area contributed by atoms with Crippen molar-refractivity contribution in [2.75, 3.05) is 52.7 Å². The quantitative estimate of drug-likeness (QED) is 0.0605. The van der Waals surface area contributed by atoms with Crippen LogP contribution < -0.4 is 16.0 Å². The van der Waals surface area contributed by atoms with Crippen molar-refractivity contribution in [3.05, 3.63) is 0 Å². The largest absolute Gasteiger partial charge is 0.481 e. The molecule has 0 aromatic rings. The predicted molar refractivity (Wildman–Crippen MR) is 179 cm³/mol. The molecule has 274 valence electrons. The van der Waals surface area contributed by atoms with Crippen LogP contribution in [0.5, 0.6) is 0 Å². The number of nitrogens with one attached hydrogen (secondary N) is 3. The summed E-state index contributed by atoms with van der Waals surface area (Å²) in [4.78, 5) is 58.0. The number of rotatable bonds is 35. The van der Waals surface area contributed by atoms with E-state index < -0.39 is 18.0 Å². The summed E-state index contributed by atoms with van der Waals surface area (Å²) in [6, 6.07) is -1.11. The van der Waals surface area contributed by atoms with Crippen LogP contribution in [0.15, 0.2) is 0 Å². The molecule has 0 radical (unpaired) electrons. The summed E-state index contributed by atoms with van der Waals surface area (Å²) in [5.74, 6) is -2.73. The zero-order chi connectivity index (χ0) is 34.8. The van der Waals surface area contributed by atoms with Gasteiger partial charge in [0.25, 0.3) is 0 Å². The first-order valence-corrected chi connectivity index (χ1v) is 17.8. The van der Waals surface area contributed by atoms with E-state index in [-0.39, 0.29) is 76.4 Å². The second-order valence-corrected chi connectivity index (χ2v) is 11.8. The number of hydrogen-bond acceptors (Lipinski definition) is 8. The first-order valence-electron chi connectivity index (χ1n) is 17.8. The van der Waals surface area contributed by atoms with Gasteiger partial charge in [0.2, 0.25) is 17.7 Å². The van der Waals surface area contributed by atoms with E-state index in [1.807, 2.05) is 6.92 Å². The number of carboxylic acids is 2. The van der Waals surface area contributed by atoms with E-state index in [0.717, 1.165) is 44.9 Å². The molecule has 0 saturated heterocycles. The van der Waals surface area contributed by atoms with Gasteiger partial charge < -0.3 is 40.4 Å². The van der Waals surface area contributed by atoms with Gasteiger partial charge in [0.05, 0.1) is 26.4 Å². The van der Waals surface area contributed by atoms with Gasteiger partial charge in [-0.05, 0) is 25.7 Å². The van der Waals surface area contributed by atoms with Crippen molar-refractivity contribution >= 4 is 29.7 Å². The standard InChI is InChI=1S/C34H63N3O10/c1-2-23-45-24-22-36-32(40)28-47-27-26-46-25-21-35-30(38)20-19-29(34(43)44)37-31(39)17-15-13-11-9-7-5-3-4-6-8-10-12-14-16-18-33(41)42/h29H,2-28H2,1H3,(H,35,38)(H,36,40)(H,37,39)(H,41,42)(H,43,44)/t29-/m0/s1. The molecule has 0 bridgehead atoms. The highest BCUT2D eigenvalue weighted by molar-refractivity contribution is 5.84. The number of hydrogen-bond donors (Lipinski definition) is 5. The summed E-state index contributed by atoms with van der Waals surface area (Å²) in [6.07, 6.45) is 16.7. The minimum atomic E-state index is -1.16. The lowest BCUT2D eigenvalue weighted by Gasteiger charge is -2.14. The molecule has 5 N–H and O–H groups in total. The summed E-state index contributed by atoms with van der Waals surface area (Å²) in [5.41, 5.74) is 0. The van der Waals surface area contributed by atoms with E-state index in [1.54, 1.807) is 0 Å². The van der Waals surface area contributed by atoms with Gasteiger partial charge in [0.15, 0.2) is 0 Å². The Morgan fingerprint density at radius 2 is 1.00 bits per heavy atom. The van der Waals surface area contributed by atoms with Crippen molar-refractivity contribution in [2.45, 2.75) is 135 Å². The third-order valence-corrected chi connectivity index (χ3v) is 7.43. The van der Waals surface area contributed by atoms with Crippen LogP contribution in [0.3, 0.4) is 0 Å². The number of carboxylic acid groups (broad SMARTS) is 2. The molecule has 1 atom stereocenters. The zero-order valence-corrected chi connectivity index (χ0v) is 28.8. The van der Waals surface area contributed by atoms with Gasteiger partial charge in [0, 0.05) is 39.0 Å². The minimum absolute atomic E-state index is 0.00118. The van der Waals surface area contributed by atoms with Gasteiger partial charge in [-0.15, -0.1) is 0 Å². The molecule has 3 amide bonds. The van der Waals surface area contributed by atoms with Crippen LogP contribution in [0.2, 0.25) is 0 Å².